The molecule has 0 bridgehead atoms. The predicted molar refractivity (Wildman–Crippen MR) is 134 cm³/mol. The van der Waals surface area contributed by atoms with Crippen LogP contribution in [-0.2, 0) is 31.9 Å². The van der Waals surface area contributed by atoms with E-state index in [0.29, 0.717) is 21.6 Å². The standard InChI is InChI=1S/C23H27BrClN3O5S/c1-16-12-27(13-18-3-6-21(25)7-4-18)9-10-28(16)23(30)14-33-22-8-5-20(24)11-19(22)15-34(31,32)26-17(2)29/h3-8,11,16H,9-10,12-15H2,1-2H3,(H,26,29)/t16-/m1/s1. The first-order valence-electron chi connectivity index (χ1n) is 10.7. The molecule has 1 saturated heterocycles. The van der Waals surface area contributed by atoms with Gasteiger partial charge >= 0.3 is 0 Å². The molecule has 11 heteroatoms. The van der Waals surface area contributed by atoms with Gasteiger partial charge in [-0.1, -0.05) is 39.7 Å². The summed E-state index contributed by atoms with van der Waals surface area (Å²) in [5, 5.41) is 0.703. The Morgan fingerprint density at radius 2 is 1.88 bits per heavy atom. The third-order valence-electron chi connectivity index (χ3n) is 5.37. The summed E-state index contributed by atoms with van der Waals surface area (Å²) < 4.78 is 32.7. The first kappa shape index (κ1) is 26.5. The molecule has 2 aromatic rings. The van der Waals surface area contributed by atoms with Crippen LogP contribution in [-0.4, -0.2) is 62.3 Å². The van der Waals surface area contributed by atoms with Gasteiger partial charge in [0.05, 0.1) is 5.75 Å². The molecule has 1 aliphatic rings. The van der Waals surface area contributed by atoms with Gasteiger partial charge in [-0.3, -0.25) is 19.2 Å². The van der Waals surface area contributed by atoms with Crippen LogP contribution in [0, 0.1) is 0 Å². The third kappa shape index (κ3) is 7.69. The van der Waals surface area contributed by atoms with Crippen molar-refractivity contribution in [2.45, 2.75) is 32.2 Å². The van der Waals surface area contributed by atoms with Crippen LogP contribution in [0.3, 0.4) is 0 Å². The van der Waals surface area contributed by atoms with Gasteiger partial charge < -0.3 is 9.64 Å². The summed E-state index contributed by atoms with van der Waals surface area (Å²) in [7, 11) is -3.88. The van der Waals surface area contributed by atoms with Crippen molar-refractivity contribution in [1.29, 1.82) is 0 Å². The van der Waals surface area contributed by atoms with E-state index in [4.69, 9.17) is 16.3 Å². The molecule has 1 aliphatic heterocycles. The number of ether oxygens (including phenoxy) is 1. The highest BCUT2D eigenvalue weighted by Gasteiger charge is 2.28. The SMILES string of the molecule is CC(=O)NS(=O)(=O)Cc1cc(Br)ccc1OCC(=O)N1CCN(Cc2ccc(Cl)cc2)C[C@H]1C. The highest BCUT2D eigenvalue weighted by Crippen LogP contribution is 2.25. The van der Waals surface area contributed by atoms with Crippen molar-refractivity contribution in [2.24, 2.45) is 0 Å². The molecule has 0 unspecified atom stereocenters. The molecule has 0 aliphatic carbocycles. The number of piperazine rings is 1. The summed E-state index contributed by atoms with van der Waals surface area (Å²) in [5.41, 5.74) is 1.51. The molecular weight excluding hydrogens is 546 g/mol. The van der Waals surface area contributed by atoms with E-state index in [0.717, 1.165) is 32.1 Å². The minimum absolute atomic E-state index is 0.00156. The Hall–Kier alpha value is -2.14. The van der Waals surface area contributed by atoms with Gasteiger partial charge in [0, 0.05) is 54.2 Å². The number of carbonyl (C=O) groups excluding carboxylic acids is 2. The van der Waals surface area contributed by atoms with Gasteiger partial charge in [0.25, 0.3) is 5.91 Å². The van der Waals surface area contributed by atoms with Crippen molar-refractivity contribution in [3.63, 3.8) is 0 Å². The average molecular weight is 573 g/mol. The summed E-state index contributed by atoms with van der Waals surface area (Å²) in [5.74, 6) is -1.01. The van der Waals surface area contributed by atoms with Crippen LogP contribution < -0.4 is 9.46 Å². The van der Waals surface area contributed by atoms with E-state index in [1.165, 1.54) is 0 Å². The lowest BCUT2D eigenvalue weighted by molar-refractivity contribution is -0.138. The molecule has 0 saturated carbocycles. The largest absolute Gasteiger partial charge is 0.483 e. The molecule has 0 radical (unpaired) electrons. The molecule has 0 aromatic heterocycles. The molecule has 1 heterocycles. The molecular formula is C23H27BrClN3O5S. The third-order valence-corrected chi connectivity index (χ3v) is 7.40. The molecule has 2 aromatic carbocycles. The van der Waals surface area contributed by atoms with Crippen molar-refractivity contribution in [1.82, 2.24) is 14.5 Å². The topological polar surface area (TPSA) is 96.0 Å². The molecule has 34 heavy (non-hydrogen) atoms. The van der Waals surface area contributed by atoms with E-state index in [9.17, 15) is 18.0 Å². The summed E-state index contributed by atoms with van der Waals surface area (Å²) >= 11 is 9.27. The number of benzene rings is 2. The maximum atomic E-state index is 12.9. The van der Waals surface area contributed by atoms with Gasteiger partial charge in [0.2, 0.25) is 15.9 Å². The second-order valence-electron chi connectivity index (χ2n) is 8.26. The normalized spacial score (nSPS) is 16.8. The zero-order valence-electron chi connectivity index (χ0n) is 19.0. The quantitative estimate of drug-likeness (QED) is 0.522. The fourth-order valence-electron chi connectivity index (χ4n) is 3.88. The molecule has 1 N–H and O–H groups in total. The fourth-order valence-corrected chi connectivity index (χ4v) is 5.56. The highest BCUT2D eigenvalue weighted by atomic mass is 79.9. The number of amides is 2. The van der Waals surface area contributed by atoms with Crippen LogP contribution in [0.5, 0.6) is 5.75 Å². The van der Waals surface area contributed by atoms with Crippen LogP contribution in [0.1, 0.15) is 25.0 Å². The lowest BCUT2D eigenvalue weighted by Gasteiger charge is -2.40. The second-order valence-corrected chi connectivity index (χ2v) is 11.3. The van der Waals surface area contributed by atoms with E-state index in [2.05, 4.69) is 20.8 Å². The zero-order chi connectivity index (χ0) is 24.9. The summed E-state index contributed by atoms with van der Waals surface area (Å²) in [6, 6.07) is 12.6. The van der Waals surface area contributed by atoms with Crippen molar-refractivity contribution >= 4 is 49.4 Å². The highest BCUT2D eigenvalue weighted by molar-refractivity contribution is 9.10. The van der Waals surface area contributed by atoms with E-state index >= 15 is 0 Å². The van der Waals surface area contributed by atoms with Gasteiger partial charge in [0.1, 0.15) is 5.75 Å². The number of rotatable bonds is 8. The van der Waals surface area contributed by atoms with Crippen LogP contribution in [0.4, 0.5) is 0 Å². The minimum atomic E-state index is -3.88. The van der Waals surface area contributed by atoms with Gasteiger partial charge in [-0.15, -0.1) is 0 Å². The van der Waals surface area contributed by atoms with Crippen molar-refractivity contribution in [3.8, 4) is 5.75 Å². The first-order valence-corrected chi connectivity index (χ1v) is 13.5. The zero-order valence-corrected chi connectivity index (χ0v) is 22.1. The Morgan fingerprint density at radius 1 is 1.18 bits per heavy atom. The van der Waals surface area contributed by atoms with E-state index in [-0.39, 0.29) is 24.3 Å². The van der Waals surface area contributed by atoms with Crippen LogP contribution in [0.2, 0.25) is 5.02 Å². The fraction of sp³-hybridized carbons (Fsp3) is 0.391. The van der Waals surface area contributed by atoms with Crippen molar-refractivity contribution < 1.29 is 22.7 Å². The van der Waals surface area contributed by atoms with Crippen LogP contribution in [0.25, 0.3) is 0 Å². The molecule has 184 valence electrons. The molecule has 0 spiro atoms. The van der Waals surface area contributed by atoms with Gasteiger partial charge in [-0.25, -0.2) is 8.42 Å². The summed E-state index contributed by atoms with van der Waals surface area (Å²) in [6.45, 7) is 5.73. The molecule has 2 amide bonds. The average Bonchev–Trinajstić information content (AvgIpc) is 2.73. The number of nitrogens with zero attached hydrogens (tertiary/aromatic N) is 2. The molecule has 1 atom stereocenters. The molecule has 8 nitrogen and oxygen atoms in total. The molecule has 3 rings (SSSR count). The van der Waals surface area contributed by atoms with Crippen molar-refractivity contribution in [2.75, 3.05) is 26.2 Å². The first-order chi connectivity index (χ1) is 16.0. The maximum Gasteiger partial charge on any atom is 0.260 e. The van der Waals surface area contributed by atoms with E-state index < -0.39 is 21.7 Å². The lowest BCUT2D eigenvalue weighted by atomic mass is 10.1. The number of carbonyl (C=O) groups is 2. The Balaban J connectivity index is 1.58. The maximum absolute atomic E-state index is 12.9. The van der Waals surface area contributed by atoms with Crippen LogP contribution in [0.15, 0.2) is 46.9 Å². The Kier molecular flexibility index (Phi) is 8.97. The predicted octanol–water partition coefficient (Wildman–Crippen LogP) is 3.18. The number of sulfonamides is 1. The van der Waals surface area contributed by atoms with E-state index in [1.807, 2.05) is 35.9 Å². The van der Waals surface area contributed by atoms with Crippen LogP contribution >= 0.6 is 27.5 Å². The Bertz CT molecular complexity index is 1140. The lowest BCUT2D eigenvalue weighted by Crippen LogP contribution is -2.54. The number of nitrogens with one attached hydrogen (secondary N) is 1. The van der Waals surface area contributed by atoms with Gasteiger partial charge in [0.15, 0.2) is 6.61 Å². The Morgan fingerprint density at radius 3 is 2.53 bits per heavy atom. The van der Waals surface area contributed by atoms with Gasteiger partial charge in [-0.05, 0) is 42.8 Å². The summed E-state index contributed by atoms with van der Waals surface area (Å²) in [6.07, 6.45) is 0. The minimum Gasteiger partial charge on any atom is -0.483 e. The number of hydrogen-bond acceptors (Lipinski definition) is 6. The van der Waals surface area contributed by atoms with Crippen molar-refractivity contribution in [3.05, 3.63) is 63.1 Å². The number of hydrogen-bond donors (Lipinski definition) is 1. The molecule has 1 fully saturated rings. The second kappa shape index (κ2) is 11.5. The monoisotopic (exact) mass is 571 g/mol. The number of halogens is 2. The van der Waals surface area contributed by atoms with Gasteiger partial charge in [-0.2, -0.15) is 0 Å². The van der Waals surface area contributed by atoms with E-state index in [1.54, 1.807) is 23.1 Å². The Labute approximate surface area is 213 Å². The smallest absolute Gasteiger partial charge is 0.260 e. The summed E-state index contributed by atoms with van der Waals surface area (Å²) in [4.78, 5) is 28.1.